The Kier molecular flexibility index (Phi) is 6.56. The SMILES string of the molecule is C#CCN(CCC)Cc1cc(CNC(C)C)co1. The van der Waals surface area contributed by atoms with Crippen LogP contribution in [0.2, 0.25) is 0 Å². The fraction of sp³-hybridized carbons (Fsp3) is 0.600. The lowest BCUT2D eigenvalue weighted by atomic mass is 10.2. The molecule has 0 aromatic carbocycles. The van der Waals surface area contributed by atoms with Crippen molar-refractivity contribution in [3.63, 3.8) is 0 Å². The van der Waals surface area contributed by atoms with Gasteiger partial charge in [-0.25, -0.2) is 0 Å². The van der Waals surface area contributed by atoms with E-state index in [1.165, 1.54) is 5.56 Å². The van der Waals surface area contributed by atoms with Crippen molar-refractivity contribution >= 4 is 0 Å². The van der Waals surface area contributed by atoms with Gasteiger partial charge in [0.2, 0.25) is 0 Å². The Hall–Kier alpha value is -1.24. The van der Waals surface area contributed by atoms with E-state index in [0.717, 1.165) is 31.8 Å². The standard InChI is InChI=1S/C15H24N2O/c1-5-7-17(8-6-2)11-15-9-14(12-18-15)10-16-13(3)4/h1,9,12-13,16H,6-8,10-11H2,2-4H3. The van der Waals surface area contributed by atoms with Crippen LogP contribution in [0.15, 0.2) is 16.7 Å². The molecule has 0 spiro atoms. The lowest BCUT2D eigenvalue weighted by Gasteiger charge is -2.16. The number of rotatable bonds is 8. The summed E-state index contributed by atoms with van der Waals surface area (Å²) in [6.45, 7) is 9.75. The van der Waals surface area contributed by atoms with Gasteiger partial charge in [0, 0.05) is 18.2 Å². The van der Waals surface area contributed by atoms with Gasteiger partial charge in [-0.15, -0.1) is 6.42 Å². The molecule has 0 aliphatic rings. The van der Waals surface area contributed by atoms with Gasteiger partial charge in [-0.3, -0.25) is 4.90 Å². The Morgan fingerprint density at radius 3 is 2.89 bits per heavy atom. The molecule has 0 saturated heterocycles. The quantitative estimate of drug-likeness (QED) is 0.717. The van der Waals surface area contributed by atoms with Crippen LogP contribution in [0, 0.1) is 12.3 Å². The summed E-state index contributed by atoms with van der Waals surface area (Å²) in [7, 11) is 0. The van der Waals surface area contributed by atoms with E-state index in [0.29, 0.717) is 12.6 Å². The molecule has 1 aromatic heterocycles. The zero-order chi connectivity index (χ0) is 13.4. The second kappa shape index (κ2) is 7.97. The van der Waals surface area contributed by atoms with Crippen LogP contribution in [0.4, 0.5) is 0 Å². The molecule has 0 aliphatic carbocycles. The fourth-order valence-corrected chi connectivity index (χ4v) is 1.80. The first kappa shape index (κ1) is 14.8. The van der Waals surface area contributed by atoms with Gasteiger partial charge in [0.25, 0.3) is 0 Å². The average molecular weight is 248 g/mol. The Bertz CT molecular complexity index is 376. The fourth-order valence-electron chi connectivity index (χ4n) is 1.80. The van der Waals surface area contributed by atoms with Gasteiger partial charge < -0.3 is 9.73 Å². The van der Waals surface area contributed by atoms with Crippen LogP contribution < -0.4 is 5.32 Å². The van der Waals surface area contributed by atoms with Gasteiger partial charge in [-0.05, 0) is 19.0 Å². The van der Waals surface area contributed by atoms with E-state index in [9.17, 15) is 0 Å². The zero-order valence-electron chi connectivity index (χ0n) is 11.7. The van der Waals surface area contributed by atoms with Gasteiger partial charge in [-0.2, -0.15) is 0 Å². The lowest BCUT2D eigenvalue weighted by molar-refractivity contribution is 0.272. The van der Waals surface area contributed by atoms with E-state index in [-0.39, 0.29) is 0 Å². The monoisotopic (exact) mass is 248 g/mol. The number of terminal acetylenes is 1. The van der Waals surface area contributed by atoms with Crippen molar-refractivity contribution in [1.82, 2.24) is 10.2 Å². The third-order valence-electron chi connectivity index (χ3n) is 2.66. The highest BCUT2D eigenvalue weighted by atomic mass is 16.3. The van der Waals surface area contributed by atoms with Gasteiger partial charge in [-0.1, -0.05) is 26.7 Å². The number of hydrogen-bond acceptors (Lipinski definition) is 3. The predicted molar refractivity (Wildman–Crippen MR) is 75.1 cm³/mol. The highest BCUT2D eigenvalue weighted by Crippen LogP contribution is 2.11. The molecule has 0 fully saturated rings. The summed E-state index contributed by atoms with van der Waals surface area (Å²) in [5.41, 5.74) is 1.19. The van der Waals surface area contributed by atoms with Crippen molar-refractivity contribution in [2.75, 3.05) is 13.1 Å². The van der Waals surface area contributed by atoms with E-state index >= 15 is 0 Å². The smallest absolute Gasteiger partial charge is 0.118 e. The maximum Gasteiger partial charge on any atom is 0.118 e. The molecule has 0 atom stereocenters. The molecule has 0 aliphatic heterocycles. The van der Waals surface area contributed by atoms with Crippen LogP contribution in [0.25, 0.3) is 0 Å². The summed E-state index contributed by atoms with van der Waals surface area (Å²) < 4.78 is 5.57. The number of hydrogen-bond donors (Lipinski definition) is 1. The summed E-state index contributed by atoms with van der Waals surface area (Å²) in [6.07, 6.45) is 8.29. The van der Waals surface area contributed by atoms with E-state index < -0.39 is 0 Å². The van der Waals surface area contributed by atoms with Crippen molar-refractivity contribution in [2.45, 2.75) is 46.3 Å². The first-order valence-corrected chi connectivity index (χ1v) is 6.61. The molecule has 0 radical (unpaired) electrons. The maximum atomic E-state index is 5.57. The normalized spacial score (nSPS) is 11.1. The van der Waals surface area contributed by atoms with Crippen LogP contribution in [-0.4, -0.2) is 24.0 Å². The average Bonchev–Trinajstić information content (AvgIpc) is 2.75. The molecular weight excluding hydrogens is 224 g/mol. The molecule has 1 aromatic rings. The molecule has 3 heteroatoms. The molecule has 3 nitrogen and oxygen atoms in total. The highest BCUT2D eigenvalue weighted by molar-refractivity contribution is 5.13. The largest absolute Gasteiger partial charge is 0.468 e. The van der Waals surface area contributed by atoms with E-state index in [1.807, 2.05) is 6.26 Å². The summed E-state index contributed by atoms with van der Waals surface area (Å²) in [6, 6.07) is 2.59. The molecule has 0 saturated carbocycles. The van der Waals surface area contributed by atoms with Gasteiger partial charge >= 0.3 is 0 Å². The topological polar surface area (TPSA) is 28.4 Å². The minimum absolute atomic E-state index is 0.487. The zero-order valence-corrected chi connectivity index (χ0v) is 11.7. The maximum absolute atomic E-state index is 5.57. The molecule has 1 rings (SSSR count). The summed E-state index contributed by atoms with van der Waals surface area (Å²) in [4.78, 5) is 2.22. The Labute approximate surface area is 111 Å². The third-order valence-corrected chi connectivity index (χ3v) is 2.66. The summed E-state index contributed by atoms with van der Waals surface area (Å²) >= 11 is 0. The Morgan fingerprint density at radius 1 is 1.50 bits per heavy atom. The van der Waals surface area contributed by atoms with Crippen LogP contribution in [0.5, 0.6) is 0 Å². The molecule has 0 unspecified atom stereocenters. The van der Waals surface area contributed by atoms with E-state index in [2.05, 4.69) is 43.0 Å². The minimum Gasteiger partial charge on any atom is -0.468 e. The van der Waals surface area contributed by atoms with Crippen molar-refractivity contribution in [3.05, 3.63) is 23.7 Å². The minimum atomic E-state index is 0.487. The Morgan fingerprint density at radius 2 is 2.28 bits per heavy atom. The second-order valence-electron chi connectivity index (χ2n) is 4.87. The van der Waals surface area contributed by atoms with E-state index in [1.54, 1.807) is 0 Å². The number of furan rings is 1. The van der Waals surface area contributed by atoms with Crippen molar-refractivity contribution < 1.29 is 4.42 Å². The van der Waals surface area contributed by atoms with Crippen LogP contribution in [0.1, 0.15) is 38.5 Å². The molecule has 0 amide bonds. The molecule has 0 bridgehead atoms. The van der Waals surface area contributed by atoms with Crippen molar-refractivity contribution in [3.8, 4) is 12.3 Å². The molecule has 1 heterocycles. The van der Waals surface area contributed by atoms with Crippen LogP contribution in [-0.2, 0) is 13.1 Å². The number of nitrogens with zero attached hydrogens (tertiary/aromatic N) is 1. The van der Waals surface area contributed by atoms with Gasteiger partial charge in [0.15, 0.2) is 0 Å². The summed E-state index contributed by atoms with van der Waals surface area (Å²) in [5, 5.41) is 3.37. The van der Waals surface area contributed by atoms with Crippen LogP contribution >= 0.6 is 0 Å². The van der Waals surface area contributed by atoms with Gasteiger partial charge in [0.1, 0.15) is 5.76 Å². The third kappa shape index (κ3) is 5.39. The van der Waals surface area contributed by atoms with Crippen LogP contribution in [0.3, 0.4) is 0 Å². The first-order valence-electron chi connectivity index (χ1n) is 6.61. The molecule has 100 valence electrons. The van der Waals surface area contributed by atoms with Crippen molar-refractivity contribution in [1.29, 1.82) is 0 Å². The molecular formula is C15H24N2O. The van der Waals surface area contributed by atoms with E-state index in [4.69, 9.17) is 10.8 Å². The predicted octanol–water partition coefficient (Wildman–Crippen LogP) is 2.62. The molecule has 1 N–H and O–H groups in total. The van der Waals surface area contributed by atoms with Gasteiger partial charge in [0.05, 0.1) is 19.4 Å². The highest BCUT2D eigenvalue weighted by Gasteiger charge is 2.07. The second-order valence-corrected chi connectivity index (χ2v) is 4.87. The summed E-state index contributed by atoms with van der Waals surface area (Å²) in [5.74, 6) is 3.68. The Balaban J connectivity index is 2.48. The lowest BCUT2D eigenvalue weighted by Crippen LogP contribution is -2.24. The van der Waals surface area contributed by atoms with Crippen molar-refractivity contribution in [2.24, 2.45) is 0 Å². The first-order chi connectivity index (χ1) is 8.65. The number of nitrogens with one attached hydrogen (secondary N) is 1. The molecule has 18 heavy (non-hydrogen) atoms.